The smallest absolute Gasteiger partial charge is 0.123 e. The monoisotopic (exact) mass is 219 g/mol. The first-order valence-corrected chi connectivity index (χ1v) is 6.18. The summed E-state index contributed by atoms with van der Waals surface area (Å²) >= 11 is 0. The van der Waals surface area contributed by atoms with E-state index < -0.39 is 0 Å². The summed E-state index contributed by atoms with van der Waals surface area (Å²) in [4.78, 5) is 0. The van der Waals surface area contributed by atoms with Gasteiger partial charge in [0, 0.05) is 6.42 Å². The normalized spacial score (nSPS) is 20.2. The number of fused-ring (bicyclic) bond motifs is 1. The molecule has 0 radical (unpaired) electrons. The molecule has 0 amide bonds. The quantitative estimate of drug-likeness (QED) is 0.822. The molecule has 2 rings (SSSR count). The average molecular weight is 219 g/mol. The van der Waals surface area contributed by atoms with Crippen molar-refractivity contribution in [2.75, 3.05) is 13.6 Å². The molecule has 2 nitrogen and oxygen atoms in total. The van der Waals surface area contributed by atoms with Crippen LogP contribution in [0, 0.1) is 5.92 Å². The van der Waals surface area contributed by atoms with Crippen LogP contribution in [0.15, 0.2) is 24.3 Å². The minimum atomic E-state index is 0.400. The predicted molar refractivity (Wildman–Crippen MR) is 66.9 cm³/mol. The molecule has 1 aliphatic heterocycles. The van der Waals surface area contributed by atoms with E-state index in [1.165, 1.54) is 12.0 Å². The second-order valence-electron chi connectivity index (χ2n) is 4.79. The molecule has 2 heteroatoms. The maximum absolute atomic E-state index is 5.92. The molecular weight excluding hydrogens is 198 g/mol. The summed E-state index contributed by atoms with van der Waals surface area (Å²) in [5.74, 6) is 1.83. The zero-order valence-electron chi connectivity index (χ0n) is 10.2. The van der Waals surface area contributed by atoms with Crippen molar-refractivity contribution >= 4 is 0 Å². The lowest BCUT2D eigenvalue weighted by molar-refractivity contribution is 0.209. The first-order chi connectivity index (χ1) is 7.79. The second-order valence-corrected chi connectivity index (χ2v) is 4.79. The van der Waals surface area contributed by atoms with Crippen molar-refractivity contribution in [3.05, 3.63) is 29.8 Å². The van der Waals surface area contributed by atoms with Crippen LogP contribution in [-0.2, 0) is 6.42 Å². The average Bonchev–Trinajstić information content (AvgIpc) is 2.69. The second kappa shape index (κ2) is 5.35. The van der Waals surface area contributed by atoms with Crippen LogP contribution in [0.1, 0.15) is 25.3 Å². The Labute approximate surface area is 98.0 Å². The maximum atomic E-state index is 5.92. The summed E-state index contributed by atoms with van der Waals surface area (Å²) < 4.78 is 5.92. The zero-order valence-corrected chi connectivity index (χ0v) is 10.2. The highest BCUT2D eigenvalue weighted by atomic mass is 16.5. The van der Waals surface area contributed by atoms with Crippen LogP contribution in [0.25, 0.3) is 0 Å². The van der Waals surface area contributed by atoms with Gasteiger partial charge in [-0.2, -0.15) is 0 Å². The van der Waals surface area contributed by atoms with Crippen molar-refractivity contribution in [3.8, 4) is 5.75 Å². The molecule has 88 valence electrons. The van der Waals surface area contributed by atoms with Crippen molar-refractivity contribution in [1.82, 2.24) is 5.32 Å². The third kappa shape index (κ3) is 2.76. The van der Waals surface area contributed by atoms with Crippen molar-refractivity contribution in [2.24, 2.45) is 5.92 Å². The number of benzene rings is 1. The van der Waals surface area contributed by atoms with Crippen molar-refractivity contribution < 1.29 is 4.74 Å². The number of nitrogens with one attached hydrogen (secondary N) is 1. The van der Waals surface area contributed by atoms with Gasteiger partial charge in [0.1, 0.15) is 11.9 Å². The summed E-state index contributed by atoms with van der Waals surface area (Å²) in [5.41, 5.74) is 1.37. The van der Waals surface area contributed by atoms with Gasteiger partial charge in [0.15, 0.2) is 0 Å². The largest absolute Gasteiger partial charge is 0.490 e. The molecule has 1 N–H and O–H groups in total. The standard InChI is InChI=1S/C14H21NO/c1-11(10-15-2)7-8-13-9-12-5-3-4-6-14(12)16-13/h3-6,11,13,15H,7-10H2,1-2H3. The summed E-state index contributed by atoms with van der Waals surface area (Å²) in [7, 11) is 2.01. The Morgan fingerprint density at radius 3 is 3.00 bits per heavy atom. The number of hydrogen-bond donors (Lipinski definition) is 1. The van der Waals surface area contributed by atoms with E-state index in [0.29, 0.717) is 6.10 Å². The highest BCUT2D eigenvalue weighted by Crippen LogP contribution is 2.30. The molecule has 1 aromatic rings. The molecule has 1 aromatic carbocycles. The fourth-order valence-corrected chi connectivity index (χ4v) is 2.34. The fraction of sp³-hybridized carbons (Fsp3) is 0.571. The number of ether oxygens (including phenoxy) is 1. The molecule has 0 aromatic heterocycles. The van der Waals surface area contributed by atoms with Gasteiger partial charge in [0.2, 0.25) is 0 Å². The van der Waals surface area contributed by atoms with E-state index in [9.17, 15) is 0 Å². The van der Waals surface area contributed by atoms with Gasteiger partial charge in [-0.1, -0.05) is 25.1 Å². The van der Waals surface area contributed by atoms with Crippen LogP contribution in [0.2, 0.25) is 0 Å². The van der Waals surface area contributed by atoms with E-state index >= 15 is 0 Å². The Morgan fingerprint density at radius 2 is 2.25 bits per heavy atom. The Bertz CT molecular complexity index is 312. The van der Waals surface area contributed by atoms with Gasteiger partial charge in [-0.05, 0) is 44.0 Å². The molecule has 0 fully saturated rings. The summed E-state index contributed by atoms with van der Waals surface area (Å²) in [6.45, 7) is 3.39. The molecule has 2 atom stereocenters. The van der Waals surface area contributed by atoms with Gasteiger partial charge in [0.25, 0.3) is 0 Å². The molecule has 1 aliphatic rings. The Hall–Kier alpha value is -1.02. The van der Waals surface area contributed by atoms with Crippen molar-refractivity contribution in [1.29, 1.82) is 0 Å². The van der Waals surface area contributed by atoms with E-state index in [-0.39, 0.29) is 0 Å². The molecule has 0 aliphatic carbocycles. The third-order valence-corrected chi connectivity index (χ3v) is 3.25. The number of rotatable bonds is 5. The molecule has 0 saturated heterocycles. The van der Waals surface area contributed by atoms with Gasteiger partial charge in [-0.25, -0.2) is 0 Å². The Morgan fingerprint density at radius 1 is 1.44 bits per heavy atom. The van der Waals surface area contributed by atoms with Gasteiger partial charge >= 0.3 is 0 Å². The molecule has 1 heterocycles. The van der Waals surface area contributed by atoms with E-state index in [2.05, 4.69) is 30.4 Å². The zero-order chi connectivity index (χ0) is 11.4. The topological polar surface area (TPSA) is 21.3 Å². The fourth-order valence-electron chi connectivity index (χ4n) is 2.34. The number of para-hydroxylation sites is 1. The van der Waals surface area contributed by atoms with Crippen LogP contribution < -0.4 is 10.1 Å². The van der Waals surface area contributed by atoms with Crippen LogP contribution in [0.4, 0.5) is 0 Å². The van der Waals surface area contributed by atoms with Gasteiger partial charge in [-0.15, -0.1) is 0 Å². The van der Waals surface area contributed by atoms with Crippen LogP contribution >= 0.6 is 0 Å². The molecule has 0 spiro atoms. The van der Waals surface area contributed by atoms with Crippen LogP contribution in [0.3, 0.4) is 0 Å². The van der Waals surface area contributed by atoms with E-state index in [0.717, 1.165) is 31.1 Å². The lowest BCUT2D eigenvalue weighted by Gasteiger charge is -2.14. The third-order valence-electron chi connectivity index (χ3n) is 3.25. The van der Waals surface area contributed by atoms with Crippen LogP contribution in [0.5, 0.6) is 5.75 Å². The molecule has 2 unspecified atom stereocenters. The van der Waals surface area contributed by atoms with Gasteiger partial charge in [-0.3, -0.25) is 0 Å². The highest BCUT2D eigenvalue weighted by molar-refractivity contribution is 5.37. The minimum absolute atomic E-state index is 0.400. The predicted octanol–water partition coefficient (Wildman–Crippen LogP) is 2.63. The van der Waals surface area contributed by atoms with E-state index in [4.69, 9.17) is 4.74 Å². The van der Waals surface area contributed by atoms with Crippen LogP contribution in [-0.4, -0.2) is 19.7 Å². The van der Waals surface area contributed by atoms with E-state index in [1.54, 1.807) is 0 Å². The number of hydrogen-bond acceptors (Lipinski definition) is 2. The van der Waals surface area contributed by atoms with Crippen molar-refractivity contribution in [2.45, 2.75) is 32.3 Å². The highest BCUT2D eigenvalue weighted by Gasteiger charge is 2.22. The summed E-state index contributed by atoms with van der Waals surface area (Å²) in [5, 5.41) is 3.22. The van der Waals surface area contributed by atoms with Gasteiger partial charge < -0.3 is 10.1 Å². The molecule has 0 bridgehead atoms. The summed E-state index contributed by atoms with van der Waals surface area (Å²) in [6, 6.07) is 8.39. The minimum Gasteiger partial charge on any atom is -0.490 e. The molecular formula is C14H21NO. The van der Waals surface area contributed by atoms with E-state index in [1.807, 2.05) is 13.1 Å². The lowest BCUT2D eigenvalue weighted by atomic mass is 10.0. The lowest BCUT2D eigenvalue weighted by Crippen LogP contribution is -2.19. The summed E-state index contributed by atoms with van der Waals surface area (Å²) in [6.07, 6.45) is 3.89. The first kappa shape index (κ1) is 11.5. The SMILES string of the molecule is CNCC(C)CCC1Cc2ccccc2O1. The van der Waals surface area contributed by atoms with Crippen molar-refractivity contribution in [3.63, 3.8) is 0 Å². The van der Waals surface area contributed by atoms with Gasteiger partial charge in [0.05, 0.1) is 0 Å². The Kier molecular flexibility index (Phi) is 3.83. The molecule has 16 heavy (non-hydrogen) atoms. The maximum Gasteiger partial charge on any atom is 0.123 e. The molecule has 0 saturated carbocycles. The Balaban J connectivity index is 1.79. The first-order valence-electron chi connectivity index (χ1n) is 6.18.